The van der Waals surface area contributed by atoms with E-state index in [2.05, 4.69) is 14.7 Å². The van der Waals surface area contributed by atoms with Gasteiger partial charge in [0.1, 0.15) is 11.5 Å². The second-order valence-corrected chi connectivity index (χ2v) is 7.79. The minimum Gasteiger partial charge on any atom is -0.601 e. The molecule has 1 atom stereocenters. The summed E-state index contributed by atoms with van der Waals surface area (Å²) in [7, 11) is 1.48. The Labute approximate surface area is 199 Å². The number of quaternary nitrogens is 1. The number of carbonyl (C=O) groups excluding carboxylic acids is 1. The van der Waals surface area contributed by atoms with Gasteiger partial charge in [0.25, 0.3) is 5.82 Å². The van der Waals surface area contributed by atoms with E-state index in [1.165, 1.54) is 40.8 Å². The van der Waals surface area contributed by atoms with Crippen LogP contribution in [-0.2, 0) is 6.54 Å². The van der Waals surface area contributed by atoms with Gasteiger partial charge < -0.3 is 19.8 Å². The smallest absolute Gasteiger partial charge is 0.387 e. The molecule has 2 amide bonds. The monoisotopic (exact) mass is 490 g/mol. The van der Waals surface area contributed by atoms with Gasteiger partial charge in [-0.25, -0.2) is 14.5 Å². The van der Waals surface area contributed by atoms with E-state index in [1.807, 2.05) is 19.1 Å². The van der Waals surface area contributed by atoms with Crippen LogP contribution >= 0.6 is 0 Å². The number of benzene rings is 1. The van der Waals surface area contributed by atoms with Gasteiger partial charge in [-0.1, -0.05) is 12.1 Å². The van der Waals surface area contributed by atoms with Crippen LogP contribution < -0.4 is 19.5 Å². The fourth-order valence-corrected chi connectivity index (χ4v) is 3.60. The van der Waals surface area contributed by atoms with E-state index in [9.17, 15) is 23.9 Å². The van der Waals surface area contributed by atoms with Crippen LogP contribution in [0.5, 0.6) is 17.5 Å². The molecule has 0 saturated carbocycles. The van der Waals surface area contributed by atoms with Crippen molar-refractivity contribution in [2.75, 3.05) is 25.1 Å². The van der Waals surface area contributed by atoms with Gasteiger partial charge in [-0.2, -0.15) is 18.8 Å². The topological polar surface area (TPSA) is 120 Å². The lowest BCUT2D eigenvalue weighted by Gasteiger charge is -2.39. The first-order valence-corrected chi connectivity index (χ1v) is 10.7. The second kappa shape index (κ2) is 10.2. The third-order valence-corrected chi connectivity index (χ3v) is 5.29. The van der Waals surface area contributed by atoms with Gasteiger partial charge in [0.15, 0.2) is 0 Å². The van der Waals surface area contributed by atoms with Crippen molar-refractivity contribution in [3.63, 3.8) is 0 Å². The van der Waals surface area contributed by atoms with Gasteiger partial charge in [0.2, 0.25) is 5.82 Å². The molecule has 0 bridgehead atoms. The molecule has 2 N–H and O–H groups in total. The number of pyridine rings is 1. The number of aliphatic hydroxyl groups is 1. The molecular formula is C22H24F2N6O5. The third-order valence-electron chi connectivity index (χ3n) is 5.29. The molecule has 3 aromatic rings. The minimum atomic E-state index is -3.00. The lowest BCUT2D eigenvalue weighted by Crippen LogP contribution is -3.12. The Hall–Kier alpha value is -3.81. The normalized spacial score (nSPS) is 15.5. The number of aliphatic hydroxyl groups excluding tert-OH is 1. The van der Waals surface area contributed by atoms with Gasteiger partial charge in [-0.05, 0) is 37.1 Å². The average molecular weight is 490 g/mol. The maximum absolute atomic E-state index is 13.3. The summed E-state index contributed by atoms with van der Waals surface area (Å²) in [6.45, 7) is -1.18. The Kier molecular flexibility index (Phi) is 7.10. The number of aryl methyl sites for hydroxylation is 1. The fourth-order valence-electron chi connectivity index (χ4n) is 3.60. The zero-order valence-corrected chi connectivity index (χ0v) is 19.0. The summed E-state index contributed by atoms with van der Waals surface area (Å²) in [6, 6.07) is 8.65. The number of urea groups is 1. The van der Waals surface area contributed by atoms with E-state index < -0.39 is 17.8 Å². The number of rotatable bonds is 9. The van der Waals surface area contributed by atoms with Crippen LogP contribution in [0, 0.1) is 12.1 Å². The first kappa shape index (κ1) is 24.3. The summed E-state index contributed by atoms with van der Waals surface area (Å²) in [4.78, 5) is 22.7. The Morgan fingerprint density at radius 1 is 1.23 bits per heavy atom. The van der Waals surface area contributed by atoms with Crippen molar-refractivity contribution in [2.24, 2.45) is 0 Å². The molecule has 186 valence electrons. The Balaban J connectivity index is 1.76. The summed E-state index contributed by atoms with van der Waals surface area (Å²) in [6.07, 6.45) is 1.87. The predicted molar refractivity (Wildman–Crippen MR) is 120 cm³/mol. The van der Waals surface area contributed by atoms with Crippen LogP contribution in [-0.4, -0.2) is 57.5 Å². The van der Waals surface area contributed by atoms with Crippen molar-refractivity contribution in [2.45, 2.75) is 26.5 Å². The number of nitrogens with zero attached hydrogens (tertiary/aromatic N) is 5. The lowest BCUT2D eigenvalue weighted by atomic mass is 10.2. The van der Waals surface area contributed by atoms with E-state index >= 15 is 0 Å². The van der Waals surface area contributed by atoms with Crippen LogP contribution in [0.25, 0.3) is 0 Å². The molecule has 13 heteroatoms. The van der Waals surface area contributed by atoms with E-state index in [4.69, 9.17) is 4.74 Å². The predicted octanol–water partition coefficient (Wildman–Crippen LogP) is 2.21. The molecule has 1 aliphatic heterocycles. The highest BCUT2D eigenvalue weighted by atomic mass is 19.3. The molecule has 0 spiro atoms. The molecule has 11 nitrogen and oxygen atoms in total. The first-order chi connectivity index (χ1) is 16.8. The highest BCUT2D eigenvalue weighted by Gasteiger charge is 2.40. The van der Waals surface area contributed by atoms with E-state index in [-0.39, 0.29) is 55.3 Å². The van der Waals surface area contributed by atoms with E-state index in [0.29, 0.717) is 0 Å². The number of halogens is 2. The first-order valence-electron chi connectivity index (χ1n) is 10.7. The molecule has 4 rings (SSSR count). The molecule has 1 unspecified atom stereocenters. The fraction of sp³-hybridized carbons (Fsp3) is 0.318. The number of carbonyl (C=O) groups is 1. The number of ether oxygens (including phenoxy) is 2. The molecule has 0 fully saturated rings. The number of hydrogen-bond donors (Lipinski definition) is 2. The summed E-state index contributed by atoms with van der Waals surface area (Å²) in [5, 5.41) is 23.0. The number of alkyl halides is 2. The minimum absolute atomic E-state index is 0.0261. The molecule has 35 heavy (non-hydrogen) atoms. The third kappa shape index (κ3) is 5.16. The Morgan fingerprint density at radius 2 is 2.00 bits per heavy atom. The summed E-state index contributed by atoms with van der Waals surface area (Å²) in [5.74, 6) is 0.241. The van der Waals surface area contributed by atoms with Crippen LogP contribution in [0.1, 0.15) is 17.7 Å². The van der Waals surface area contributed by atoms with Crippen molar-refractivity contribution >= 4 is 17.7 Å². The van der Waals surface area contributed by atoms with Crippen LogP contribution in [0.2, 0.25) is 0 Å². The summed E-state index contributed by atoms with van der Waals surface area (Å²) >= 11 is 0. The molecule has 3 heterocycles. The van der Waals surface area contributed by atoms with E-state index in [0.717, 1.165) is 16.3 Å². The van der Waals surface area contributed by atoms with Gasteiger partial charge in [0.05, 0.1) is 13.1 Å². The number of aromatic nitrogens is 3. The lowest BCUT2D eigenvalue weighted by molar-refractivity contribution is -0.900. The van der Waals surface area contributed by atoms with Crippen molar-refractivity contribution in [1.82, 2.24) is 19.5 Å². The Morgan fingerprint density at radius 3 is 2.69 bits per heavy atom. The number of fused-ring (bicyclic) bond motifs is 1. The maximum atomic E-state index is 13.3. The van der Waals surface area contributed by atoms with Crippen molar-refractivity contribution < 1.29 is 33.3 Å². The number of imidazole rings is 1. The second-order valence-electron chi connectivity index (χ2n) is 7.79. The number of hydrogen-bond acceptors (Lipinski definition) is 7. The molecule has 1 aromatic carbocycles. The average Bonchev–Trinajstić information content (AvgIpc) is 3.17. The van der Waals surface area contributed by atoms with Gasteiger partial charge in [-0.3, -0.25) is 9.88 Å². The number of amides is 2. The molecule has 1 aliphatic rings. The zero-order valence-electron chi connectivity index (χ0n) is 19.0. The quantitative estimate of drug-likeness (QED) is 0.441. The summed E-state index contributed by atoms with van der Waals surface area (Å²) < 4.78 is 37.1. The highest BCUT2D eigenvalue weighted by molar-refractivity contribution is 5.93. The standard InChI is InChI=1S/C22H24F2N6O5/c1-14-7-8-15(12-25-14)13-28-19-18(27(2)22(32)29(30(19)33)9-4-10-31)26-21(28)35-17-6-3-5-16(11-17)34-20(23)24/h3,5-8,11-12,20,30-31H,4,9-10,13H2,1-2H3. The number of anilines is 1. The number of nitrogens with one attached hydrogen (secondary N) is 1. The van der Waals surface area contributed by atoms with Crippen molar-refractivity contribution in [3.05, 3.63) is 59.1 Å². The van der Waals surface area contributed by atoms with Crippen molar-refractivity contribution in [1.29, 1.82) is 0 Å². The van der Waals surface area contributed by atoms with Gasteiger partial charge >= 0.3 is 18.7 Å². The van der Waals surface area contributed by atoms with Crippen LogP contribution in [0.4, 0.5) is 25.2 Å². The SMILES string of the molecule is Cc1ccc(Cn2c(Oc3cccc(OC(F)F)c3)nc3c2[NH+]([O-])N(CCCO)C(=O)N3C)cn1. The Bertz CT molecular complexity index is 1190. The summed E-state index contributed by atoms with van der Waals surface area (Å²) in [5.41, 5.74) is 1.55. The molecule has 0 saturated heterocycles. The molecule has 0 aliphatic carbocycles. The van der Waals surface area contributed by atoms with Crippen molar-refractivity contribution in [3.8, 4) is 17.5 Å². The largest absolute Gasteiger partial charge is 0.601 e. The molecule has 2 aromatic heterocycles. The molecular weight excluding hydrogens is 466 g/mol. The maximum Gasteiger partial charge on any atom is 0.387 e. The van der Waals surface area contributed by atoms with Crippen LogP contribution in [0.15, 0.2) is 42.6 Å². The van der Waals surface area contributed by atoms with Crippen LogP contribution in [0.3, 0.4) is 0 Å². The highest BCUT2D eigenvalue weighted by Crippen LogP contribution is 2.34. The van der Waals surface area contributed by atoms with Gasteiger partial charge in [0, 0.05) is 31.6 Å². The molecule has 0 radical (unpaired) electrons. The zero-order chi connectivity index (χ0) is 25.1. The van der Waals surface area contributed by atoms with E-state index in [1.54, 1.807) is 6.20 Å². The van der Waals surface area contributed by atoms with Gasteiger partial charge in [-0.15, -0.1) is 0 Å².